The van der Waals surface area contributed by atoms with Gasteiger partial charge in [0, 0.05) is 11.6 Å². The number of sulfone groups is 1. The topological polar surface area (TPSA) is 63.6 Å². The van der Waals surface area contributed by atoms with Gasteiger partial charge < -0.3 is 9.84 Å². The van der Waals surface area contributed by atoms with E-state index in [1.807, 2.05) is 0 Å². The van der Waals surface area contributed by atoms with E-state index < -0.39 is 21.8 Å². The number of hydrogen-bond donors (Lipinski definition) is 1. The Morgan fingerprint density at radius 2 is 2.26 bits per heavy atom. The average molecular weight is 288 g/mol. The molecule has 19 heavy (non-hydrogen) atoms. The molecule has 0 saturated carbocycles. The molecule has 0 bridgehead atoms. The molecule has 0 radical (unpaired) electrons. The number of benzene rings is 1. The summed E-state index contributed by atoms with van der Waals surface area (Å²) in [6, 6.07) is 4.26. The molecule has 0 spiro atoms. The minimum Gasteiger partial charge on any atom is -0.497 e. The molecule has 1 heterocycles. The zero-order valence-corrected chi connectivity index (χ0v) is 11.5. The first kappa shape index (κ1) is 14.3. The molecule has 1 fully saturated rings. The highest BCUT2D eigenvalue weighted by atomic mass is 32.2. The molecule has 2 atom stereocenters. The first-order chi connectivity index (χ1) is 8.91. The van der Waals surface area contributed by atoms with E-state index in [4.69, 9.17) is 4.74 Å². The zero-order valence-electron chi connectivity index (χ0n) is 10.7. The fourth-order valence-electron chi connectivity index (χ4n) is 2.41. The minimum absolute atomic E-state index is 0.0852. The molecule has 106 valence electrons. The molecule has 1 N–H and O–H groups in total. The molecule has 6 heteroatoms. The standard InChI is InChI=1S/C13H17FO4S/c1-18-10-2-3-11(12(14)7-10)13(15)6-9-4-5-19(16,17)8-9/h2-3,7,9,13,15H,4-6,8H2,1H3. The second-order valence-electron chi connectivity index (χ2n) is 4.91. The zero-order chi connectivity index (χ0) is 14.0. The molecule has 0 aromatic heterocycles. The maximum absolute atomic E-state index is 13.8. The number of aliphatic hydroxyl groups excluding tert-OH is 1. The van der Waals surface area contributed by atoms with Crippen LogP contribution in [0.4, 0.5) is 4.39 Å². The summed E-state index contributed by atoms with van der Waals surface area (Å²) in [5, 5.41) is 10.0. The molecule has 4 nitrogen and oxygen atoms in total. The van der Waals surface area contributed by atoms with Gasteiger partial charge in [0.25, 0.3) is 0 Å². The highest BCUT2D eigenvalue weighted by Gasteiger charge is 2.30. The SMILES string of the molecule is COc1ccc(C(O)CC2CCS(=O)(=O)C2)c(F)c1. The van der Waals surface area contributed by atoms with Crippen molar-refractivity contribution in [2.75, 3.05) is 18.6 Å². The Labute approximate surface area is 112 Å². The number of aliphatic hydroxyl groups is 1. The van der Waals surface area contributed by atoms with E-state index in [1.165, 1.54) is 19.2 Å². The first-order valence-corrected chi connectivity index (χ1v) is 7.95. The van der Waals surface area contributed by atoms with E-state index in [2.05, 4.69) is 0 Å². The van der Waals surface area contributed by atoms with E-state index >= 15 is 0 Å². The van der Waals surface area contributed by atoms with Crippen LogP contribution in [-0.2, 0) is 9.84 Å². The largest absolute Gasteiger partial charge is 0.497 e. The van der Waals surface area contributed by atoms with Crippen molar-refractivity contribution in [2.24, 2.45) is 5.92 Å². The summed E-state index contributed by atoms with van der Waals surface area (Å²) in [6.45, 7) is 0. The van der Waals surface area contributed by atoms with Crippen LogP contribution in [0.1, 0.15) is 24.5 Å². The molecule has 1 aliphatic rings. The van der Waals surface area contributed by atoms with Crippen LogP contribution in [-0.4, -0.2) is 32.1 Å². The Morgan fingerprint density at radius 1 is 1.53 bits per heavy atom. The lowest BCUT2D eigenvalue weighted by atomic mass is 9.96. The van der Waals surface area contributed by atoms with E-state index in [0.29, 0.717) is 12.2 Å². The van der Waals surface area contributed by atoms with Gasteiger partial charge in [-0.15, -0.1) is 0 Å². The lowest BCUT2D eigenvalue weighted by Gasteiger charge is -2.16. The van der Waals surface area contributed by atoms with Gasteiger partial charge in [-0.3, -0.25) is 0 Å². The van der Waals surface area contributed by atoms with Gasteiger partial charge in [-0.2, -0.15) is 0 Å². The quantitative estimate of drug-likeness (QED) is 0.916. The number of methoxy groups -OCH3 is 1. The van der Waals surface area contributed by atoms with Crippen LogP contribution in [0.5, 0.6) is 5.75 Å². The third-order valence-electron chi connectivity index (χ3n) is 3.45. The summed E-state index contributed by atoms with van der Waals surface area (Å²) >= 11 is 0. The normalized spacial score (nSPS) is 23.2. The Balaban J connectivity index is 2.06. The Morgan fingerprint density at radius 3 is 2.79 bits per heavy atom. The van der Waals surface area contributed by atoms with Crippen molar-refractivity contribution in [3.05, 3.63) is 29.6 Å². The Kier molecular flexibility index (Phi) is 4.10. The van der Waals surface area contributed by atoms with Crippen LogP contribution in [0, 0.1) is 11.7 Å². The van der Waals surface area contributed by atoms with E-state index in [-0.39, 0.29) is 29.4 Å². The molecular formula is C13H17FO4S. The van der Waals surface area contributed by atoms with Crippen LogP contribution in [0.15, 0.2) is 18.2 Å². The molecule has 1 aromatic carbocycles. The Hall–Kier alpha value is -1.14. The summed E-state index contributed by atoms with van der Waals surface area (Å²) in [4.78, 5) is 0. The van der Waals surface area contributed by atoms with Gasteiger partial charge in [0.1, 0.15) is 11.6 Å². The summed E-state index contributed by atoms with van der Waals surface area (Å²) < 4.78 is 41.3. The van der Waals surface area contributed by atoms with Crippen LogP contribution in [0.25, 0.3) is 0 Å². The lowest BCUT2D eigenvalue weighted by molar-refractivity contribution is 0.144. The summed E-state index contributed by atoms with van der Waals surface area (Å²) in [5.41, 5.74) is 0.185. The first-order valence-electron chi connectivity index (χ1n) is 6.13. The summed E-state index contributed by atoms with van der Waals surface area (Å²) in [5.74, 6) is 0.00298. The predicted molar refractivity (Wildman–Crippen MR) is 69.3 cm³/mol. The van der Waals surface area contributed by atoms with Gasteiger partial charge in [-0.05, 0) is 30.9 Å². The third-order valence-corrected chi connectivity index (χ3v) is 5.29. The maximum Gasteiger partial charge on any atom is 0.150 e. The molecule has 1 aromatic rings. The molecule has 0 amide bonds. The van der Waals surface area contributed by atoms with Crippen LogP contribution < -0.4 is 4.74 Å². The van der Waals surface area contributed by atoms with Crippen LogP contribution in [0.3, 0.4) is 0 Å². The predicted octanol–water partition coefficient (Wildman–Crippen LogP) is 1.69. The van der Waals surface area contributed by atoms with Gasteiger partial charge >= 0.3 is 0 Å². The lowest BCUT2D eigenvalue weighted by Crippen LogP contribution is -2.10. The van der Waals surface area contributed by atoms with Gasteiger partial charge in [-0.25, -0.2) is 12.8 Å². The maximum atomic E-state index is 13.8. The van der Waals surface area contributed by atoms with E-state index in [1.54, 1.807) is 6.07 Å². The van der Waals surface area contributed by atoms with Crippen molar-refractivity contribution in [3.8, 4) is 5.75 Å². The molecule has 0 aliphatic carbocycles. The monoisotopic (exact) mass is 288 g/mol. The molecule has 2 rings (SSSR count). The summed E-state index contributed by atoms with van der Waals surface area (Å²) in [7, 11) is -1.53. The van der Waals surface area contributed by atoms with Crippen LogP contribution >= 0.6 is 0 Å². The molecule has 1 saturated heterocycles. The van der Waals surface area contributed by atoms with Crippen molar-refractivity contribution < 1.29 is 22.7 Å². The van der Waals surface area contributed by atoms with Crippen molar-refractivity contribution in [2.45, 2.75) is 18.9 Å². The van der Waals surface area contributed by atoms with Gasteiger partial charge in [-0.1, -0.05) is 0 Å². The number of rotatable bonds is 4. The number of ether oxygens (including phenoxy) is 1. The second kappa shape index (κ2) is 5.46. The smallest absolute Gasteiger partial charge is 0.150 e. The third kappa shape index (κ3) is 3.45. The van der Waals surface area contributed by atoms with Gasteiger partial charge in [0.15, 0.2) is 9.84 Å². The second-order valence-corrected chi connectivity index (χ2v) is 7.14. The number of hydrogen-bond acceptors (Lipinski definition) is 4. The van der Waals surface area contributed by atoms with Crippen molar-refractivity contribution in [1.82, 2.24) is 0 Å². The van der Waals surface area contributed by atoms with Crippen molar-refractivity contribution >= 4 is 9.84 Å². The van der Waals surface area contributed by atoms with E-state index in [9.17, 15) is 17.9 Å². The van der Waals surface area contributed by atoms with Crippen LogP contribution in [0.2, 0.25) is 0 Å². The molecule has 2 unspecified atom stereocenters. The van der Waals surface area contributed by atoms with Crippen molar-refractivity contribution in [3.63, 3.8) is 0 Å². The van der Waals surface area contributed by atoms with Gasteiger partial charge in [0.2, 0.25) is 0 Å². The fraction of sp³-hybridized carbons (Fsp3) is 0.538. The highest BCUT2D eigenvalue weighted by molar-refractivity contribution is 7.91. The average Bonchev–Trinajstić information content (AvgIpc) is 2.68. The minimum atomic E-state index is -2.97. The Bertz CT molecular complexity index is 556. The molecule has 1 aliphatic heterocycles. The highest BCUT2D eigenvalue weighted by Crippen LogP contribution is 2.31. The number of halogens is 1. The van der Waals surface area contributed by atoms with Gasteiger partial charge in [0.05, 0.1) is 24.7 Å². The van der Waals surface area contributed by atoms with E-state index in [0.717, 1.165) is 0 Å². The summed E-state index contributed by atoms with van der Waals surface area (Å²) in [6.07, 6.45) is -0.177. The fourth-order valence-corrected chi connectivity index (χ4v) is 4.29. The van der Waals surface area contributed by atoms with Crippen molar-refractivity contribution in [1.29, 1.82) is 0 Å². The molecular weight excluding hydrogens is 271 g/mol.